The van der Waals surface area contributed by atoms with Crippen molar-refractivity contribution in [2.24, 2.45) is 7.05 Å². The number of aryl methyl sites for hydroxylation is 1. The zero-order valence-electron chi connectivity index (χ0n) is 10.8. The van der Waals surface area contributed by atoms with E-state index >= 15 is 0 Å². The predicted octanol–water partition coefficient (Wildman–Crippen LogP) is 0.876. The Morgan fingerprint density at radius 1 is 1.26 bits per heavy atom. The van der Waals surface area contributed by atoms with E-state index in [0.29, 0.717) is 26.3 Å². The Hall–Kier alpha value is -2.08. The number of hydrogen-bond acceptors (Lipinski definition) is 5. The molecule has 1 aromatic carbocycles. The van der Waals surface area contributed by atoms with Crippen LogP contribution in [0.4, 0.5) is 0 Å². The standard InChI is InChI=1S/C13H16N4O2/c1-17-9-15-16-12(17)8-14-7-10-3-2-4-11-13(10)19-6-5-18-11/h2-4,9,14H,5-8H2,1H3. The Morgan fingerprint density at radius 2 is 2.16 bits per heavy atom. The summed E-state index contributed by atoms with van der Waals surface area (Å²) in [6.45, 7) is 2.59. The summed E-state index contributed by atoms with van der Waals surface area (Å²) in [5.41, 5.74) is 1.10. The fourth-order valence-corrected chi connectivity index (χ4v) is 2.05. The van der Waals surface area contributed by atoms with Crippen LogP contribution in [0.15, 0.2) is 24.5 Å². The van der Waals surface area contributed by atoms with E-state index in [1.807, 2.05) is 29.8 Å². The lowest BCUT2D eigenvalue weighted by Crippen LogP contribution is -2.20. The van der Waals surface area contributed by atoms with Gasteiger partial charge in [0.05, 0.1) is 6.54 Å². The number of aromatic nitrogens is 3. The third-order valence-corrected chi connectivity index (χ3v) is 3.05. The summed E-state index contributed by atoms with van der Waals surface area (Å²) in [6, 6.07) is 5.95. The highest BCUT2D eigenvalue weighted by Crippen LogP contribution is 2.33. The molecule has 0 fully saturated rings. The molecule has 0 saturated carbocycles. The smallest absolute Gasteiger partial charge is 0.165 e. The van der Waals surface area contributed by atoms with Gasteiger partial charge in [-0.15, -0.1) is 10.2 Å². The molecule has 100 valence electrons. The Morgan fingerprint density at radius 3 is 3.00 bits per heavy atom. The van der Waals surface area contributed by atoms with E-state index in [1.165, 1.54) is 0 Å². The molecule has 6 nitrogen and oxygen atoms in total. The van der Waals surface area contributed by atoms with Crippen molar-refractivity contribution in [2.75, 3.05) is 13.2 Å². The van der Waals surface area contributed by atoms with Gasteiger partial charge in [0, 0.05) is 19.2 Å². The molecule has 1 aliphatic heterocycles. The average Bonchev–Trinajstić information content (AvgIpc) is 2.85. The number of benzene rings is 1. The van der Waals surface area contributed by atoms with Gasteiger partial charge in [-0.2, -0.15) is 0 Å². The molecular formula is C13H16N4O2. The minimum Gasteiger partial charge on any atom is -0.486 e. The molecule has 0 aliphatic carbocycles. The highest BCUT2D eigenvalue weighted by atomic mass is 16.6. The summed E-state index contributed by atoms with van der Waals surface area (Å²) in [4.78, 5) is 0. The molecule has 6 heteroatoms. The van der Waals surface area contributed by atoms with Crippen LogP contribution in [0.25, 0.3) is 0 Å². The quantitative estimate of drug-likeness (QED) is 0.884. The van der Waals surface area contributed by atoms with E-state index in [0.717, 1.165) is 22.9 Å². The van der Waals surface area contributed by atoms with Gasteiger partial charge >= 0.3 is 0 Å². The van der Waals surface area contributed by atoms with Gasteiger partial charge in [-0.25, -0.2) is 0 Å². The molecule has 1 aliphatic rings. The number of nitrogens with zero attached hydrogens (tertiary/aromatic N) is 3. The Balaban J connectivity index is 1.66. The lowest BCUT2D eigenvalue weighted by molar-refractivity contribution is 0.169. The zero-order chi connectivity index (χ0) is 13.1. The number of rotatable bonds is 4. The van der Waals surface area contributed by atoms with Gasteiger partial charge in [-0.05, 0) is 6.07 Å². The molecule has 19 heavy (non-hydrogen) atoms. The third-order valence-electron chi connectivity index (χ3n) is 3.05. The van der Waals surface area contributed by atoms with E-state index in [9.17, 15) is 0 Å². The molecule has 0 radical (unpaired) electrons. The van der Waals surface area contributed by atoms with Gasteiger partial charge in [0.25, 0.3) is 0 Å². The lowest BCUT2D eigenvalue weighted by Gasteiger charge is -2.21. The first-order valence-electron chi connectivity index (χ1n) is 6.25. The van der Waals surface area contributed by atoms with Crippen molar-refractivity contribution in [1.82, 2.24) is 20.1 Å². The van der Waals surface area contributed by atoms with E-state index in [4.69, 9.17) is 9.47 Å². The lowest BCUT2D eigenvalue weighted by atomic mass is 10.1. The van der Waals surface area contributed by atoms with Gasteiger partial charge in [0.1, 0.15) is 25.4 Å². The summed E-state index contributed by atoms with van der Waals surface area (Å²) < 4.78 is 13.1. The molecule has 3 rings (SSSR count). The fraction of sp³-hybridized carbons (Fsp3) is 0.385. The molecule has 0 spiro atoms. The van der Waals surface area contributed by atoms with Crippen molar-refractivity contribution < 1.29 is 9.47 Å². The summed E-state index contributed by atoms with van der Waals surface area (Å²) in [7, 11) is 1.93. The molecule has 1 aromatic heterocycles. The van der Waals surface area contributed by atoms with Gasteiger partial charge < -0.3 is 19.4 Å². The Bertz CT molecular complexity index is 568. The maximum Gasteiger partial charge on any atom is 0.165 e. The predicted molar refractivity (Wildman–Crippen MR) is 69.0 cm³/mol. The van der Waals surface area contributed by atoms with Crippen molar-refractivity contribution in [1.29, 1.82) is 0 Å². The van der Waals surface area contributed by atoms with Gasteiger partial charge in [0.15, 0.2) is 11.5 Å². The van der Waals surface area contributed by atoms with E-state index in [2.05, 4.69) is 15.5 Å². The molecule has 0 atom stereocenters. The van der Waals surface area contributed by atoms with Crippen LogP contribution in [0.1, 0.15) is 11.4 Å². The van der Waals surface area contributed by atoms with Crippen molar-refractivity contribution in [3.8, 4) is 11.5 Å². The highest BCUT2D eigenvalue weighted by molar-refractivity contribution is 5.47. The summed E-state index contributed by atoms with van der Waals surface area (Å²) in [5.74, 6) is 2.57. The molecule has 0 bridgehead atoms. The average molecular weight is 260 g/mol. The maximum atomic E-state index is 5.67. The molecule has 0 saturated heterocycles. The topological polar surface area (TPSA) is 61.2 Å². The van der Waals surface area contributed by atoms with Crippen LogP contribution in [0, 0.1) is 0 Å². The number of nitrogens with one attached hydrogen (secondary N) is 1. The number of para-hydroxylation sites is 1. The molecule has 2 aromatic rings. The van der Waals surface area contributed by atoms with Crippen molar-refractivity contribution in [2.45, 2.75) is 13.1 Å². The number of hydrogen-bond donors (Lipinski definition) is 1. The van der Waals surface area contributed by atoms with Crippen molar-refractivity contribution >= 4 is 0 Å². The minimum atomic E-state index is 0.604. The monoisotopic (exact) mass is 260 g/mol. The summed E-state index contributed by atoms with van der Waals surface area (Å²) in [5, 5.41) is 11.2. The van der Waals surface area contributed by atoms with Gasteiger partial charge in [-0.3, -0.25) is 0 Å². The Kier molecular flexibility index (Phi) is 3.33. The highest BCUT2D eigenvalue weighted by Gasteiger charge is 2.15. The van der Waals surface area contributed by atoms with Crippen molar-refractivity contribution in [3.05, 3.63) is 35.9 Å². The second-order valence-electron chi connectivity index (χ2n) is 4.40. The molecular weight excluding hydrogens is 244 g/mol. The normalized spacial score (nSPS) is 13.5. The summed E-state index contributed by atoms with van der Waals surface area (Å²) in [6.07, 6.45) is 1.69. The third kappa shape index (κ3) is 2.53. The maximum absolute atomic E-state index is 5.67. The van der Waals surface area contributed by atoms with Crippen LogP contribution >= 0.6 is 0 Å². The zero-order valence-corrected chi connectivity index (χ0v) is 10.8. The number of ether oxygens (including phenoxy) is 2. The van der Waals surface area contributed by atoms with Crippen LogP contribution in [0.2, 0.25) is 0 Å². The van der Waals surface area contributed by atoms with Gasteiger partial charge in [0.2, 0.25) is 0 Å². The first kappa shape index (κ1) is 12.0. The Labute approximate surface area is 111 Å². The second-order valence-corrected chi connectivity index (χ2v) is 4.40. The second kappa shape index (κ2) is 5.27. The van der Waals surface area contributed by atoms with E-state index in [1.54, 1.807) is 6.33 Å². The van der Waals surface area contributed by atoms with Crippen LogP contribution in [0.5, 0.6) is 11.5 Å². The van der Waals surface area contributed by atoms with E-state index < -0.39 is 0 Å². The first-order valence-corrected chi connectivity index (χ1v) is 6.25. The van der Waals surface area contributed by atoms with Crippen LogP contribution in [-0.4, -0.2) is 28.0 Å². The van der Waals surface area contributed by atoms with Crippen LogP contribution in [0.3, 0.4) is 0 Å². The first-order chi connectivity index (χ1) is 9.34. The molecule has 2 heterocycles. The SMILES string of the molecule is Cn1cnnc1CNCc1cccc2c1OCCO2. The summed E-state index contributed by atoms with van der Waals surface area (Å²) >= 11 is 0. The van der Waals surface area contributed by atoms with Crippen LogP contribution < -0.4 is 14.8 Å². The minimum absolute atomic E-state index is 0.604. The molecule has 0 amide bonds. The largest absolute Gasteiger partial charge is 0.486 e. The number of fused-ring (bicyclic) bond motifs is 1. The van der Waals surface area contributed by atoms with Gasteiger partial charge in [-0.1, -0.05) is 12.1 Å². The molecule has 0 unspecified atom stereocenters. The van der Waals surface area contributed by atoms with Crippen molar-refractivity contribution in [3.63, 3.8) is 0 Å². The van der Waals surface area contributed by atoms with E-state index in [-0.39, 0.29) is 0 Å². The fourth-order valence-electron chi connectivity index (χ4n) is 2.05. The molecule has 1 N–H and O–H groups in total. The van der Waals surface area contributed by atoms with Crippen LogP contribution in [-0.2, 0) is 20.1 Å².